The number of amides is 1. The molecule has 2 N–H and O–H groups in total. The molecule has 1 heterocycles. The van der Waals surface area contributed by atoms with E-state index in [1.807, 2.05) is 14.0 Å². The van der Waals surface area contributed by atoms with Gasteiger partial charge in [0.15, 0.2) is 0 Å². The minimum atomic E-state index is -3.48. The second-order valence-electron chi connectivity index (χ2n) is 6.20. The molecule has 0 radical (unpaired) electrons. The molecular formula is C17H28ClN3O3S. The van der Waals surface area contributed by atoms with Gasteiger partial charge in [0.1, 0.15) is 0 Å². The van der Waals surface area contributed by atoms with Crippen molar-refractivity contribution in [2.45, 2.75) is 43.5 Å². The maximum Gasteiger partial charge on any atom is 0.251 e. The minimum Gasteiger partial charge on any atom is -0.352 e. The van der Waals surface area contributed by atoms with E-state index in [0.29, 0.717) is 18.7 Å². The summed E-state index contributed by atoms with van der Waals surface area (Å²) >= 11 is 0. The van der Waals surface area contributed by atoms with Gasteiger partial charge in [-0.15, -0.1) is 12.4 Å². The summed E-state index contributed by atoms with van der Waals surface area (Å²) in [4.78, 5) is 12.3. The number of sulfonamides is 1. The highest BCUT2D eigenvalue weighted by Crippen LogP contribution is 2.25. The molecule has 142 valence electrons. The van der Waals surface area contributed by atoms with Gasteiger partial charge in [0.2, 0.25) is 10.0 Å². The Morgan fingerprint density at radius 1 is 1.20 bits per heavy atom. The van der Waals surface area contributed by atoms with Gasteiger partial charge >= 0.3 is 0 Å². The lowest BCUT2D eigenvalue weighted by atomic mass is 10.1. The Morgan fingerprint density at radius 2 is 1.88 bits per heavy atom. The van der Waals surface area contributed by atoms with Crippen molar-refractivity contribution in [3.8, 4) is 0 Å². The minimum absolute atomic E-state index is 0. The quantitative estimate of drug-likeness (QED) is 0.699. The standard InChI is InChI=1S/C17H27N3O3S.ClH/c1-14-6-3-4-13-20(14)24(22,23)16-9-7-15(8-10-16)17(21)19-12-5-11-18-2;/h7-10,14,18H,3-6,11-13H2,1-2H3,(H,19,21);1H. The average molecular weight is 390 g/mol. The third kappa shape index (κ3) is 5.67. The Bertz CT molecular complexity index is 650. The summed E-state index contributed by atoms with van der Waals surface area (Å²) in [5.41, 5.74) is 0.477. The molecule has 1 saturated heterocycles. The molecule has 1 atom stereocenters. The van der Waals surface area contributed by atoms with Gasteiger partial charge < -0.3 is 10.6 Å². The van der Waals surface area contributed by atoms with E-state index >= 15 is 0 Å². The zero-order chi connectivity index (χ0) is 17.6. The largest absolute Gasteiger partial charge is 0.352 e. The normalized spacial score (nSPS) is 18.4. The lowest BCUT2D eigenvalue weighted by Crippen LogP contribution is -2.41. The highest BCUT2D eigenvalue weighted by molar-refractivity contribution is 7.89. The lowest BCUT2D eigenvalue weighted by Gasteiger charge is -2.32. The van der Waals surface area contributed by atoms with E-state index in [-0.39, 0.29) is 29.3 Å². The molecule has 1 unspecified atom stereocenters. The molecule has 1 aromatic carbocycles. The van der Waals surface area contributed by atoms with Gasteiger partial charge in [-0.25, -0.2) is 8.42 Å². The van der Waals surface area contributed by atoms with Crippen LogP contribution >= 0.6 is 12.4 Å². The first-order valence-electron chi connectivity index (χ1n) is 8.51. The second kappa shape index (κ2) is 10.1. The SMILES string of the molecule is CNCCCNC(=O)c1ccc(S(=O)(=O)N2CCCCC2C)cc1.Cl. The molecule has 0 aliphatic carbocycles. The predicted octanol–water partition coefficient (Wildman–Crippen LogP) is 2.01. The Labute approximate surface area is 156 Å². The Balaban J connectivity index is 0.00000312. The topological polar surface area (TPSA) is 78.5 Å². The van der Waals surface area contributed by atoms with Crippen LogP contribution in [-0.2, 0) is 10.0 Å². The number of rotatable bonds is 7. The third-order valence-electron chi connectivity index (χ3n) is 4.35. The third-order valence-corrected chi connectivity index (χ3v) is 6.38. The first kappa shape index (κ1) is 21.9. The van der Waals surface area contributed by atoms with E-state index in [9.17, 15) is 13.2 Å². The van der Waals surface area contributed by atoms with Gasteiger partial charge in [-0.05, 0) is 64.0 Å². The summed E-state index contributed by atoms with van der Waals surface area (Å²) in [5.74, 6) is -0.179. The first-order chi connectivity index (χ1) is 11.5. The van der Waals surface area contributed by atoms with E-state index < -0.39 is 10.0 Å². The molecular weight excluding hydrogens is 362 g/mol. The number of carbonyl (C=O) groups is 1. The summed E-state index contributed by atoms with van der Waals surface area (Å²) in [5, 5.41) is 5.84. The van der Waals surface area contributed by atoms with Crippen LogP contribution in [0.5, 0.6) is 0 Å². The zero-order valence-electron chi connectivity index (χ0n) is 14.8. The van der Waals surface area contributed by atoms with E-state index in [0.717, 1.165) is 32.2 Å². The fraction of sp³-hybridized carbons (Fsp3) is 0.588. The van der Waals surface area contributed by atoms with Crippen LogP contribution in [0.1, 0.15) is 43.0 Å². The Hall–Kier alpha value is -1.15. The highest BCUT2D eigenvalue weighted by Gasteiger charge is 2.30. The van der Waals surface area contributed by atoms with Crippen molar-refractivity contribution in [1.82, 2.24) is 14.9 Å². The fourth-order valence-electron chi connectivity index (χ4n) is 2.91. The first-order valence-corrected chi connectivity index (χ1v) is 9.95. The number of hydrogen-bond donors (Lipinski definition) is 2. The van der Waals surface area contributed by atoms with Gasteiger partial charge in [-0.2, -0.15) is 4.31 Å². The van der Waals surface area contributed by atoms with E-state index in [4.69, 9.17) is 0 Å². The molecule has 1 aliphatic rings. The molecule has 1 aliphatic heterocycles. The van der Waals surface area contributed by atoms with E-state index in [1.54, 1.807) is 16.4 Å². The van der Waals surface area contributed by atoms with Crippen LogP contribution in [0.4, 0.5) is 0 Å². The molecule has 0 bridgehead atoms. The molecule has 0 aromatic heterocycles. The van der Waals surface area contributed by atoms with Crippen LogP contribution in [-0.4, -0.2) is 51.4 Å². The van der Waals surface area contributed by atoms with Crippen molar-refractivity contribution in [3.63, 3.8) is 0 Å². The zero-order valence-corrected chi connectivity index (χ0v) is 16.5. The van der Waals surface area contributed by atoms with Crippen molar-refractivity contribution in [2.24, 2.45) is 0 Å². The molecule has 6 nitrogen and oxygen atoms in total. The Kier molecular flexibility index (Phi) is 8.85. The molecule has 1 fully saturated rings. The number of carbonyl (C=O) groups excluding carboxylic acids is 1. The Morgan fingerprint density at radius 3 is 2.48 bits per heavy atom. The second-order valence-corrected chi connectivity index (χ2v) is 8.09. The summed E-state index contributed by atoms with van der Waals surface area (Å²) in [6, 6.07) is 6.24. The summed E-state index contributed by atoms with van der Waals surface area (Å²) in [6.07, 6.45) is 3.71. The lowest BCUT2D eigenvalue weighted by molar-refractivity contribution is 0.0953. The van der Waals surface area contributed by atoms with Gasteiger partial charge in [-0.1, -0.05) is 6.42 Å². The molecule has 1 aromatic rings. The molecule has 1 amide bonds. The molecule has 2 rings (SSSR count). The maximum atomic E-state index is 12.7. The van der Waals surface area contributed by atoms with Gasteiger partial charge in [0, 0.05) is 24.7 Å². The van der Waals surface area contributed by atoms with Crippen molar-refractivity contribution in [3.05, 3.63) is 29.8 Å². The van der Waals surface area contributed by atoms with Crippen LogP contribution < -0.4 is 10.6 Å². The summed E-state index contributed by atoms with van der Waals surface area (Å²) in [6.45, 7) is 3.94. The summed E-state index contributed by atoms with van der Waals surface area (Å²) < 4.78 is 27.1. The smallest absolute Gasteiger partial charge is 0.251 e. The van der Waals surface area contributed by atoms with Crippen molar-refractivity contribution < 1.29 is 13.2 Å². The van der Waals surface area contributed by atoms with Crippen LogP contribution in [0, 0.1) is 0 Å². The average Bonchev–Trinajstić information content (AvgIpc) is 2.59. The fourth-order valence-corrected chi connectivity index (χ4v) is 4.61. The molecule has 25 heavy (non-hydrogen) atoms. The van der Waals surface area contributed by atoms with E-state index in [1.165, 1.54) is 12.1 Å². The highest BCUT2D eigenvalue weighted by atomic mass is 35.5. The predicted molar refractivity (Wildman–Crippen MR) is 102 cm³/mol. The molecule has 0 saturated carbocycles. The number of piperidine rings is 1. The number of hydrogen-bond acceptors (Lipinski definition) is 4. The molecule has 8 heteroatoms. The molecule has 0 spiro atoms. The maximum absolute atomic E-state index is 12.7. The van der Waals surface area contributed by atoms with Gasteiger partial charge in [-0.3, -0.25) is 4.79 Å². The van der Waals surface area contributed by atoms with Crippen molar-refractivity contribution in [1.29, 1.82) is 0 Å². The van der Waals surface area contributed by atoms with Crippen LogP contribution in [0.3, 0.4) is 0 Å². The van der Waals surface area contributed by atoms with Gasteiger partial charge in [0.25, 0.3) is 5.91 Å². The van der Waals surface area contributed by atoms with E-state index in [2.05, 4.69) is 10.6 Å². The monoisotopic (exact) mass is 389 g/mol. The van der Waals surface area contributed by atoms with Crippen LogP contribution in [0.25, 0.3) is 0 Å². The number of halogens is 1. The number of nitrogens with one attached hydrogen (secondary N) is 2. The van der Waals surface area contributed by atoms with Crippen molar-refractivity contribution in [2.75, 3.05) is 26.7 Å². The number of benzene rings is 1. The van der Waals surface area contributed by atoms with Crippen LogP contribution in [0.15, 0.2) is 29.2 Å². The number of nitrogens with zero attached hydrogens (tertiary/aromatic N) is 1. The van der Waals surface area contributed by atoms with Crippen LogP contribution in [0.2, 0.25) is 0 Å². The van der Waals surface area contributed by atoms with Crippen molar-refractivity contribution >= 4 is 28.3 Å². The summed E-state index contributed by atoms with van der Waals surface area (Å²) in [7, 11) is -1.62. The van der Waals surface area contributed by atoms with Gasteiger partial charge in [0.05, 0.1) is 4.90 Å².